The molecular formula is C14H27NO3. The maximum atomic E-state index is 12.3. The van der Waals surface area contributed by atoms with Gasteiger partial charge >= 0.3 is 5.97 Å². The van der Waals surface area contributed by atoms with Crippen LogP contribution in [0.15, 0.2) is 0 Å². The predicted octanol–water partition coefficient (Wildman–Crippen LogP) is 2.48. The first-order valence-electron chi connectivity index (χ1n) is 6.68. The van der Waals surface area contributed by atoms with Crippen molar-refractivity contribution < 1.29 is 14.7 Å². The van der Waals surface area contributed by atoms with Gasteiger partial charge in [-0.05, 0) is 11.8 Å². The van der Waals surface area contributed by atoms with Crippen LogP contribution >= 0.6 is 0 Å². The molecule has 1 amide bonds. The van der Waals surface area contributed by atoms with E-state index in [2.05, 4.69) is 27.7 Å². The van der Waals surface area contributed by atoms with Crippen LogP contribution in [0.25, 0.3) is 0 Å². The zero-order valence-corrected chi connectivity index (χ0v) is 12.4. The van der Waals surface area contributed by atoms with Gasteiger partial charge in [0, 0.05) is 19.0 Å². The van der Waals surface area contributed by atoms with Crippen LogP contribution in [0.5, 0.6) is 0 Å². The summed E-state index contributed by atoms with van der Waals surface area (Å²) in [6.07, 6.45) is 0. The number of carbonyl (C=O) groups excluding carboxylic acids is 1. The zero-order chi connectivity index (χ0) is 14.5. The molecule has 0 aromatic carbocycles. The molecular weight excluding hydrogens is 230 g/mol. The summed E-state index contributed by atoms with van der Waals surface area (Å²) < 4.78 is 0. The molecule has 0 aromatic heterocycles. The molecule has 0 rings (SSSR count). The van der Waals surface area contributed by atoms with E-state index in [0.717, 1.165) is 0 Å². The highest BCUT2D eigenvalue weighted by molar-refractivity contribution is 5.84. The molecule has 0 aromatic rings. The van der Waals surface area contributed by atoms with Crippen LogP contribution in [0.4, 0.5) is 0 Å². The van der Waals surface area contributed by atoms with Crippen molar-refractivity contribution in [1.82, 2.24) is 4.90 Å². The Morgan fingerprint density at radius 2 is 1.28 bits per heavy atom. The van der Waals surface area contributed by atoms with Crippen molar-refractivity contribution in [3.8, 4) is 0 Å². The minimum absolute atomic E-state index is 0.0488. The Hall–Kier alpha value is -1.06. The third-order valence-corrected chi connectivity index (χ3v) is 3.01. The third-order valence-electron chi connectivity index (χ3n) is 3.01. The van der Waals surface area contributed by atoms with Crippen LogP contribution in [-0.2, 0) is 9.59 Å². The van der Waals surface area contributed by atoms with Gasteiger partial charge in [-0.1, -0.05) is 41.5 Å². The summed E-state index contributed by atoms with van der Waals surface area (Å²) in [5.41, 5.74) is 0. The molecule has 0 saturated heterocycles. The smallest absolute Gasteiger partial charge is 0.307 e. The summed E-state index contributed by atoms with van der Waals surface area (Å²) in [7, 11) is 0. The fraction of sp³-hybridized carbons (Fsp3) is 0.857. The number of rotatable bonds is 7. The van der Waals surface area contributed by atoms with Crippen LogP contribution in [-0.4, -0.2) is 35.0 Å². The van der Waals surface area contributed by atoms with E-state index in [1.165, 1.54) is 0 Å². The number of amides is 1. The quantitative estimate of drug-likeness (QED) is 0.762. The highest BCUT2D eigenvalue weighted by atomic mass is 16.4. The second-order valence-corrected chi connectivity index (χ2v) is 5.95. The van der Waals surface area contributed by atoms with Crippen molar-refractivity contribution in [3.05, 3.63) is 0 Å². The standard InChI is InChI=1S/C14H27NO3/c1-9(2)7-15(8-10(3)4)13(16)11(5)12(6)14(17)18/h9-12H,7-8H2,1-6H3,(H,17,18). The first-order valence-corrected chi connectivity index (χ1v) is 6.68. The Morgan fingerprint density at radius 1 is 0.889 bits per heavy atom. The first kappa shape index (κ1) is 16.9. The number of carbonyl (C=O) groups is 2. The van der Waals surface area contributed by atoms with Gasteiger partial charge in [0.15, 0.2) is 0 Å². The second kappa shape index (κ2) is 7.39. The van der Waals surface area contributed by atoms with Crippen molar-refractivity contribution in [1.29, 1.82) is 0 Å². The molecule has 4 nitrogen and oxygen atoms in total. The minimum Gasteiger partial charge on any atom is -0.481 e. The molecule has 0 radical (unpaired) electrons. The number of aliphatic carboxylic acids is 1. The van der Waals surface area contributed by atoms with Crippen LogP contribution in [0.1, 0.15) is 41.5 Å². The lowest BCUT2D eigenvalue weighted by Gasteiger charge is -2.30. The fourth-order valence-corrected chi connectivity index (χ4v) is 1.85. The Morgan fingerprint density at radius 3 is 1.56 bits per heavy atom. The van der Waals surface area contributed by atoms with Gasteiger partial charge in [0.05, 0.1) is 5.92 Å². The van der Waals surface area contributed by atoms with E-state index in [1.54, 1.807) is 18.7 Å². The van der Waals surface area contributed by atoms with Gasteiger partial charge in [0.1, 0.15) is 0 Å². The Bertz CT molecular complexity index is 277. The van der Waals surface area contributed by atoms with E-state index >= 15 is 0 Å². The molecule has 18 heavy (non-hydrogen) atoms. The summed E-state index contributed by atoms with van der Waals surface area (Å²) in [6.45, 7) is 12.9. The monoisotopic (exact) mass is 257 g/mol. The number of nitrogens with zero attached hydrogens (tertiary/aromatic N) is 1. The Labute approximate surface area is 110 Å². The maximum Gasteiger partial charge on any atom is 0.307 e. The predicted molar refractivity (Wildman–Crippen MR) is 72.2 cm³/mol. The highest BCUT2D eigenvalue weighted by Gasteiger charge is 2.29. The van der Waals surface area contributed by atoms with Crippen molar-refractivity contribution in [3.63, 3.8) is 0 Å². The van der Waals surface area contributed by atoms with Crippen molar-refractivity contribution in [2.45, 2.75) is 41.5 Å². The molecule has 106 valence electrons. The van der Waals surface area contributed by atoms with Crippen molar-refractivity contribution in [2.24, 2.45) is 23.7 Å². The van der Waals surface area contributed by atoms with Crippen LogP contribution in [0.2, 0.25) is 0 Å². The van der Waals surface area contributed by atoms with E-state index in [-0.39, 0.29) is 5.91 Å². The first-order chi connectivity index (χ1) is 8.16. The maximum absolute atomic E-state index is 12.3. The molecule has 0 aliphatic heterocycles. The van der Waals surface area contributed by atoms with E-state index in [9.17, 15) is 9.59 Å². The van der Waals surface area contributed by atoms with Gasteiger partial charge in [0.2, 0.25) is 5.91 Å². The average Bonchev–Trinajstić information content (AvgIpc) is 2.23. The molecule has 0 fully saturated rings. The van der Waals surface area contributed by atoms with Crippen molar-refractivity contribution in [2.75, 3.05) is 13.1 Å². The lowest BCUT2D eigenvalue weighted by Crippen LogP contribution is -2.42. The summed E-state index contributed by atoms with van der Waals surface area (Å²) >= 11 is 0. The summed E-state index contributed by atoms with van der Waals surface area (Å²) in [6, 6.07) is 0. The van der Waals surface area contributed by atoms with Gasteiger partial charge in [-0.15, -0.1) is 0 Å². The summed E-state index contributed by atoms with van der Waals surface area (Å²) in [5.74, 6) is -1.29. The molecule has 4 heteroatoms. The second-order valence-electron chi connectivity index (χ2n) is 5.95. The molecule has 0 saturated carbocycles. The number of hydrogen-bond donors (Lipinski definition) is 1. The van der Waals surface area contributed by atoms with Crippen molar-refractivity contribution >= 4 is 11.9 Å². The van der Waals surface area contributed by atoms with Gasteiger partial charge in [-0.25, -0.2) is 0 Å². The van der Waals surface area contributed by atoms with E-state index in [1.807, 2.05) is 0 Å². The SMILES string of the molecule is CC(C)CN(CC(C)C)C(=O)C(C)C(C)C(=O)O. The average molecular weight is 257 g/mol. The van der Waals surface area contributed by atoms with Gasteiger partial charge < -0.3 is 10.0 Å². The number of carboxylic acids is 1. The van der Waals surface area contributed by atoms with Gasteiger partial charge in [0.25, 0.3) is 0 Å². The summed E-state index contributed by atoms with van der Waals surface area (Å²) in [4.78, 5) is 25.1. The van der Waals surface area contributed by atoms with Crippen LogP contribution in [0.3, 0.4) is 0 Å². The van der Waals surface area contributed by atoms with E-state index in [0.29, 0.717) is 24.9 Å². The lowest BCUT2D eigenvalue weighted by atomic mass is 9.94. The minimum atomic E-state index is -0.912. The highest BCUT2D eigenvalue weighted by Crippen LogP contribution is 2.16. The topological polar surface area (TPSA) is 57.6 Å². The molecule has 0 bridgehead atoms. The molecule has 2 unspecified atom stereocenters. The molecule has 0 heterocycles. The normalized spacial score (nSPS) is 14.7. The Balaban J connectivity index is 4.77. The number of carboxylic acid groups (broad SMARTS) is 1. The molecule has 0 aliphatic carbocycles. The van der Waals surface area contributed by atoms with E-state index in [4.69, 9.17) is 5.11 Å². The van der Waals surface area contributed by atoms with Gasteiger partial charge in [-0.2, -0.15) is 0 Å². The summed E-state index contributed by atoms with van der Waals surface area (Å²) in [5, 5.41) is 8.98. The van der Waals surface area contributed by atoms with E-state index < -0.39 is 17.8 Å². The largest absolute Gasteiger partial charge is 0.481 e. The van der Waals surface area contributed by atoms with Crippen LogP contribution in [0, 0.1) is 23.7 Å². The lowest BCUT2D eigenvalue weighted by molar-refractivity contribution is -0.149. The van der Waals surface area contributed by atoms with Crippen LogP contribution < -0.4 is 0 Å². The molecule has 1 N–H and O–H groups in total. The zero-order valence-electron chi connectivity index (χ0n) is 12.4. The van der Waals surface area contributed by atoms with Gasteiger partial charge in [-0.3, -0.25) is 9.59 Å². The molecule has 2 atom stereocenters. The molecule has 0 spiro atoms. The number of hydrogen-bond acceptors (Lipinski definition) is 2. The molecule has 0 aliphatic rings. The third kappa shape index (κ3) is 5.52. The fourth-order valence-electron chi connectivity index (χ4n) is 1.85. The Kier molecular flexibility index (Phi) is 6.96.